The van der Waals surface area contributed by atoms with Crippen molar-refractivity contribution in [3.63, 3.8) is 0 Å². The number of nitrogens with zero attached hydrogens (tertiary/aromatic N) is 1. The number of hydrogen-bond acceptors (Lipinski definition) is 3. The van der Waals surface area contributed by atoms with Gasteiger partial charge in [0.2, 0.25) is 0 Å². The van der Waals surface area contributed by atoms with Crippen LogP contribution in [0.5, 0.6) is 0 Å². The third-order valence-electron chi connectivity index (χ3n) is 6.54. The Morgan fingerprint density at radius 1 is 0.833 bits per heavy atom. The minimum atomic E-state index is -0.764. The lowest BCUT2D eigenvalue weighted by atomic mass is 9.92. The van der Waals surface area contributed by atoms with E-state index in [4.69, 9.17) is 11.6 Å². The number of amides is 4. The lowest BCUT2D eigenvalue weighted by Gasteiger charge is -2.27. The summed E-state index contributed by atoms with van der Waals surface area (Å²) in [6, 6.07) is 23.9. The van der Waals surface area contributed by atoms with Gasteiger partial charge in [-0.2, -0.15) is 0 Å². The maximum atomic E-state index is 13.6. The molecular weight excluding hydrogens is 472 g/mol. The highest BCUT2D eigenvalue weighted by atomic mass is 35.5. The van der Waals surface area contributed by atoms with Crippen molar-refractivity contribution in [2.24, 2.45) is 0 Å². The van der Waals surface area contributed by atoms with E-state index in [9.17, 15) is 14.4 Å². The molecule has 0 radical (unpaired) electrons. The molecule has 0 aromatic heterocycles. The molecule has 0 atom stereocenters. The zero-order chi connectivity index (χ0) is 25.4. The number of carbonyl (C=O) groups excluding carboxylic acids is 3. The molecule has 178 valence electrons. The molecule has 1 fully saturated rings. The molecule has 1 aliphatic rings. The Balaban J connectivity index is 1.65. The molecule has 1 N–H and O–H groups in total. The highest BCUT2D eigenvalue weighted by Crippen LogP contribution is 2.30. The zero-order valence-corrected chi connectivity index (χ0v) is 20.6. The van der Waals surface area contributed by atoms with Crippen LogP contribution in [0.2, 0.25) is 5.02 Å². The predicted molar refractivity (Wildman–Crippen MR) is 143 cm³/mol. The van der Waals surface area contributed by atoms with Crippen molar-refractivity contribution in [2.45, 2.75) is 20.3 Å². The second kappa shape index (κ2) is 9.44. The molecule has 0 bridgehead atoms. The molecule has 4 aromatic carbocycles. The summed E-state index contributed by atoms with van der Waals surface area (Å²) >= 11 is 6.43. The molecule has 0 spiro atoms. The Hall–Kier alpha value is -4.22. The minimum absolute atomic E-state index is 0.107. The number of halogens is 1. The average Bonchev–Trinajstić information content (AvgIpc) is 2.86. The molecule has 4 amide bonds. The van der Waals surface area contributed by atoms with E-state index < -0.39 is 17.8 Å². The van der Waals surface area contributed by atoms with Gasteiger partial charge in [0.15, 0.2) is 0 Å². The zero-order valence-electron chi connectivity index (χ0n) is 19.8. The third kappa shape index (κ3) is 4.30. The third-order valence-corrected chi connectivity index (χ3v) is 6.91. The molecular formula is C30H23ClN2O3. The van der Waals surface area contributed by atoms with Crippen LogP contribution in [0.25, 0.3) is 16.8 Å². The van der Waals surface area contributed by atoms with Gasteiger partial charge in [0.25, 0.3) is 11.8 Å². The minimum Gasteiger partial charge on any atom is -0.273 e. The summed E-state index contributed by atoms with van der Waals surface area (Å²) in [7, 11) is 0. The van der Waals surface area contributed by atoms with Crippen molar-refractivity contribution in [1.29, 1.82) is 0 Å². The molecule has 5 nitrogen and oxygen atoms in total. The van der Waals surface area contributed by atoms with Crippen LogP contribution < -0.4 is 10.2 Å². The van der Waals surface area contributed by atoms with E-state index in [0.29, 0.717) is 17.1 Å². The first kappa shape index (κ1) is 23.5. The van der Waals surface area contributed by atoms with E-state index in [1.165, 1.54) is 0 Å². The summed E-state index contributed by atoms with van der Waals surface area (Å²) in [6.45, 7) is 3.86. The van der Waals surface area contributed by atoms with Crippen molar-refractivity contribution < 1.29 is 14.4 Å². The molecule has 6 heteroatoms. The van der Waals surface area contributed by atoms with Crippen LogP contribution >= 0.6 is 11.6 Å². The van der Waals surface area contributed by atoms with Crippen LogP contribution in [-0.2, 0) is 16.0 Å². The van der Waals surface area contributed by atoms with Gasteiger partial charge in [0.1, 0.15) is 5.57 Å². The first-order valence-electron chi connectivity index (χ1n) is 11.6. The van der Waals surface area contributed by atoms with E-state index in [2.05, 4.69) is 5.32 Å². The summed E-state index contributed by atoms with van der Waals surface area (Å²) in [5.41, 5.74) is 4.85. The van der Waals surface area contributed by atoms with Crippen molar-refractivity contribution in [3.8, 4) is 0 Å². The van der Waals surface area contributed by atoms with Crippen molar-refractivity contribution in [2.75, 3.05) is 4.90 Å². The van der Waals surface area contributed by atoms with Gasteiger partial charge >= 0.3 is 6.03 Å². The topological polar surface area (TPSA) is 66.5 Å². The number of aryl methyl sites for hydroxylation is 2. The lowest BCUT2D eigenvalue weighted by molar-refractivity contribution is -0.122. The molecule has 1 aliphatic heterocycles. The second-order valence-electron chi connectivity index (χ2n) is 8.85. The number of hydrogen-bond donors (Lipinski definition) is 1. The van der Waals surface area contributed by atoms with E-state index in [-0.39, 0.29) is 5.57 Å². The van der Waals surface area contributed by atoms with E-state index in [1.54, 1.807) is 18.2 Å². The van der Waals surface area contributed by atoms with Gasteiger partial charge in [0.05, 0.1) is 5.69 Å². The van der Waals surface area contributed by atoms with Crippen LogP contribution in [0.3, 0.4) is 0 Å². The molecule has 0 saturated carbocycles. The van der Waals surface area contributed by atoms with Gasteiger partial charge in [-0.3, -0.25) is 14.9 Å². The molecule has 5 rings (SSSR count). The van der Waals surface area contributed by atoms with Crippen LogP contribution in [-0.4, -0.2) is 17.8 Å². The Bertz CT molecular complexity index is 1590. The molecule has 36 heavy (non-hydrogen) atoms. The van der Waals surface area contributed by atoms with E-state index in [1.807, 2.05) is 80.6 Å². The Labute approximate surface area is 214 Å². The maximum Gasteiger partial charge on any atom is 0.335 e. The predicted octanol–water partition coefficient (Wildman–Crippen LogP) is 6.37. The standard InChI is InChI=1S/C30H23ClN2O3/c1-18-11-14-23(15-19(18)2)33-29(35)26(28(34)32-30(33)36)17-25-21(16-22-8-4-6-10-27(22)31)13-12-20-7-3-5-9-24(20)25/h3-15,17H,16H2,1-2H3,(H,32,34,36)/b26-17+. The molecule has 1 saturated heterocycles. The fraction of sp³-hybridized carbons (Fsp3) is 0.100. The smallest absolute Gasteiger partial charge is 0.273 e. The Morgan fingerprint density at radius 3 is 2.36 bits per heavy atom. The van der Waals surface area contributed by atoms with Gasteiger partial charge in [-0.15, -0.1) is 0 Å². The number of nitrogens with one attached hydrogen (secondary N) is 1. The summed E-state index contributed by atoms with van der Waals surface area (Å²) in [6.07, 6.45) is 2.10. The summed E-state index contributed by atoms with van der Waals surface area (Å²) < 4.78 is 0. The van der Waals surface area contributed by atoms with Gasteiger partial charge in [-0.05, 0) is 83.1 Å². The number of fused-ring (bicyclic) bond motifs is 1. The van der Waals surface area contributed by atoms with Gasteiger partial charge in [0, 0.05) is 5.02 Å². The van der Waals surface area contributed by atoms with Crippen LogP contribution in [0.4, 0.5) is 10.5 Å². The largest absolute Gasteiger partial charge is 0.335 e. The van der Waals surface area contributed by atoms with Crippen molar-refractivity contribution in [3.05, 3.63) is 117 Å². The van der Waals surface area contributed by atoms with Crippen LogP contribution in [0.15, 0.2) is 84.4 Å². The number of rotatable bonds is 4. The maximum absolute atomic E-state index is 13.6. The Morgan fingerprint density at radius 2 is 1.58 bits per heavy atom. The van der Waals surface area contributed by atoms with Gasteiger partial charge in [-0.25, -0.2) is 9.69 Å². The summed E-state index contributed by atoms with van der Waals surface area (Å²) in [4.78, 5) is 40.2. The van der Waals surface area contributed by atoms with Crippen molar-refractivity contribution in [1.82, 2.24) is 5.32 Å². The Kier molecular flexibility index (Phi) is 6.17. The molecule has 1 heterocycles. The number of benzene rings is 4. The van der Waals surface area contributed by atoms with Crippen LogP contribution in [0, 0.1) is 13.8 Å². The number of anilines is 1. The summed E-state index contributed by atoms with van der Waals surface area (Å²) in [5.74, 6) is -1.38. The molecule has 0 aliphatic carbocycles. The first-order valence-corrected chi connectivity index (χ1v) is 11.9. The highest BCUT2D eigenvalue weighted by molar-refractivity contribution is 6.39. The monoisotopic (exact) mass is 494 g/mol. The highest BCUT2D eigenvalue weighted by Gasteiger charge is 2.37. The molecule has 0 unspecified atom stereocenters. The van der Waals surface area contributed by atoms with E-state index in [0.717, 1.165) is 43.5 Å². The number of imide groups is 2. The SMILES string of the molecule is Cc1ccc(N2C(=O)NC(=O)/C(=C\c3c(Cc4ccccc4Cl)ccc4ccccc34)C2=O)cc1C. The summed E-state index contributed by atoms with van der Waals surface area (Å²) in [5, 5.41) is 4.83. The lowest BCUT2D eigenvalue weighted by Crippen LogP contribution is -2.54. The van der Waals surface area contributed by atoms with Gasteiger partial charge in [-0.1, -0.05) is 72.3 Å². The van der Waals surface area contributed by atoms with Crippen LogP contribution in [0.1, 0.15) is 27.8 Å². The average molecular weight is 495 g/mol. The quantitative estimate of drug-likeness (QED) is 0.265. The number of urea groups is 1. The molecule has 4 aromatic rings. The number of barbiturate groups is 1. The fourth-order valence-electron chi connectivity index (χ4n) is 4.41. The second-order valence-corrected chi connectivity index (χ2v) is 9.26. The van der Waals surface area contributed by atoms with Gasteiger partial charge < -0.3 is 0 Å². The first-order chi connectivity index (χ1) is 17.3. The van der Waals surface area contributed by atoms with Crippen molar-refractivity contribution >= 4 is 52.0 Å². The normalized spacial score (nSPS) is 15.0. The van der Waals surface area contributed by atoms with E-state index >= 15 is 0 Å². The number of carbonyl (C=O) groups is 3. The fourth-order valence-corrected chi connectivity index (χ4v) is 4.62.